The zero-order valence-electron chi connectivity index (χ0n) is 16.6. The number of nitrogens with zero attached hydrogens (tertiary/aromatic N) is 2. The van der Waals surface area contributed by atoms with E-state index in [1.807, 2.05) is 36.4 Å². The van der Waals surface area contributed by atoms with Crippen molar-refractivity contribution in [3.8, 4) is 5.75 Å². The van der Waals surface area contributed by atoms with Gasteiger partial charge in [-0.2, -0.15) is 0 Å². The molecule has 0 atom stereocenters. The van der Waals surface area contributed by atoms with Gasteiger partial charge in [0.1, 0.15) is 12.4 Å². The van der Waals surface area contributed by atoms with Crippen molar-refractivity contribution in [3.05, 3.63) is 59.7 Å². The van der Waals surface area contributed by atoms with Gasteiger partial charge in [-0.05, 0) is 30.2 Å². The van der Waals surface area contributed by atoms with E-state index in [-0.39, 0.29) is 0 Å². The van der Waals surface area contributed by atoms with Crippen molar-refractivity contribution in [1.82, 2.24) is 4.90 Å². The highest BCUT2D eigenvalue weighted by atomic mass is 16.5. The number of aliphatic imine (C=N–C) groups is 1. The van der Waals surface area contributed by atoms with Crippen LogP contribution in [-0.2, 0) is 17.7 Å². The summed E-state index contributed by atoms with van der Waals surface area (Å²) in [6.45, 7) is 7.71. The number of hydrogen-bond acceptors (Lipinski definition) is 4. The van der Waals surface area contributed by atoms with Crippen LogP contribution >= 0.6 is 0 Å². The maximum Gasteiger partial charge on any atom is 0.193 e. The number of nitrogens with two attached hydrogens (primary N) is 1. The molecule has 6 heteroatoms. The summed E-state index contributed by atoms with van der Waals surface area (Å²) in [5, 5.41) is 3.14. The molecule has 1 aliphatic rings. The van der Waals surface area contributed by atoms with Crippen LogP contribution in [0.4, 0.5) is 5.69 Å². The van der Waals surface area contributed by atoms with Crippen LogP contribution in [0.5, 0.6) is 5.75 Å². The average Bonchev–Trinajstić information content (AvgIpc) is 2.74. The molecular weight excluding hydrogens is 352 g/mol. The number of hydrogen-bond donors (Lipinski definition) is 2. The molecule has 0 spiro atoms. The minimum absolute atomic E-state index is 0.396. The maximum absolute atomic E-state index is 6.05. The highest BCUT2D eigenvalue weighted by Gasteiger charge is 2.10. The first-order valence-corrected chi connectivity index (χ1v) is 9.91. The van der Waals surface area contributed by atoms with Crippen molar-refractivity contribution in [1.29, 1.82) is 0 Å². The van der Waals surface area contributed by atoms with E-state index in [4.69, 9.17) is 15.2 Å². The Hall–Kier alpha value is -2.57. The zero-order valence-corrected chi connectivity index (χ0v) is 16.6. The summed E-state index contributed by atoms with van der Waals surface area (Å²) in [6, 6.07) is 16.2. The van der Waals surface area contributed by atoms with E-state index >= 15 is 0 Å². The molecule has 1 fully saturated rings. The molecule has 1 aliphatic heterocycles. The second-order valence-electron chi connectivity index (χ2n) is 6.79. The largest absolute Gasteiger partial charge is 0.492 e. The SMILES string of the molecule is CCc1ccc(NC(N)=NCc2ccccc2OCCN2CCOCC2)cc1. The molecule has 0 unspecified atom stereocenters. The third kappa shape index (κ3) is 6.25. The van der Waals surface area contributed by atoms with E-state index in [1.54, 1.807) is 0 Å². The molecular formula is C22H30N4O2. The summed E-state index contributed by atoms with van der Waals surface area (Å²) in [5.41, 5.74) is 9.31. The van der Waals surface area contributed by atoms with Gasteiger partial charge < -0.3 is 20.5 Å². The molecule has 3 rings (SSSR count). The molecule has 0 amide bonds. The fourth-order valence-corrected chi connectivity index (χ4v) is 3.07. The number of aryl methyl sites for hydroxylation is 1. The molecule has 0 bridgehead atoms. The van der Waals surface area contributed by atoms with Gasteiger partial charge in [0.15, 0.2) is 5.96 Å². The molecule has 1 heterocycles. The van der Waals surface area contributed by atoms with Gasteiger partial charge >= 0.3 is 0 Å². The summed E-state index contributed by atoms with van der Waals surface area (Å²) in [4.78, 5) is 6.82. The predicted octanol–water partition coefficient (Wildman–Crippen LogP) is 2.89. The third-order valence-electron chi connectivity index (χ3n) is 4.80. The summed E-state index contributed by atoms with van der Waals surface area (Å²) >= 11 is 0. The lowest BCUT2D eigenvalue weighted by Gasteiger charge is -2.26. The van der Waals surface area contributed by atoms with E-state index in [2.05, 4.69) is 34.3 Å². The Bertz CT molecular complexity index is 755. The Labute approximate surface area is 167 Å². The van der Waals surface area contributed by atoms with Crippen molar-refractivity contribution in [2.24, 2.45) is 10.7 Å². The van der Waals surface area contributed by atoms with Crippen LogP contribution in [0.25, 0.3) is 0 Å². The molecule has 2 aromatic carbocycles. The molecule has 3 N–H and O–H groups in total. The number of anilines is 1. The monoisotopic (exact) mass is 382 g/mol. The quantitative estimate of drug-likeness (QED) is 0.543. The molecule has 150 valence electrons. The molecule has 2 aromatic rings. The smallest absolute Gasteiger partial charge is 0.193 e. The average molecular weight is 383 g/mol. The van der Waals surface area contributed by atoms with Crippen LogP contribution < -0.4 is 15.8 Å². The van der Waals surface area contributed by atoms with Crippen LogP contribution in [-0.4, -0.2) is 50.3 Å². The van der Waals surface area contributed by atoms with E-state index < -0.39 is 0 Å². The van der Waals surface area contributed by atoms with Crippen molar-refractivity contribution in [3.63, 3.8) is 0 Å². The number of ether oxygens (including phenoxy) is 2. The number of nitrogens with one attached hydrogen (secondary N) is 1. The predicted molar refractivity (Wildman–Crippen MR) is 114 cm³/mol. The van der Waals surface area contributed by atoms with E-state index in [1.165, 1.54) is 5.56 Å². The summed E-state index contributed by atoms with van der Waals surface area (Å²) in [6.07, 6.45) is 1.02. The van der Waals surface area contributed by atoms with Gasteiger partial charge in [-0.1, -0.05) is 37.3 Å². The standard InChI is InChI=1S/C22H30N4O2/c1-2-18-7-9-20(10-8-18)25-22(23)24-17-19-5-3-4-6-21(19)28-16-13-26-11-14-27-15-12-26/h3-10H,2,11-17H2,1H3,(H3,23,24,25). The zero-order chi connectivity index (χ0) is 19.6. The normalized spacial score (nSPS) is 15.4. The van der Waals surface area contributed by atoms with Crippen LogP contribution in [0.1, 0.15) is 18.1 Å². The van der Waals surface area contributed by atoms with Crippen molar-refractivity contribution < 1.29 is 9.47 Å². The summed E-state index contributed by atoms with van der Waals surface area (Å²) in [7, 11) is 0. The number of benzene rings is 2. The first kappa shape index (κ1) is 20.2. The van der Waals surface area contributed by atoms with Crippen LogP contribution in [0.15, 0.2) is 53.5 Å². The Morgan fingerprint density at radius 1 is 1.14 bits per heavy atom. The van der Waals surface area contributed by atoms with Gasteiger partial charge in [0.2, 0.25) is 0 Å². The highest BCUT2D eigenvalue weighted by Crippen LogP contribution is 2.19. The maximum atomic E-state index is 6.05. The van der Waals surface area contributed by atoms with Gasteiger partial charge in [0, 0.05) is 30.9 Å². The molecule has 28 heavy (non-hydrogen) atoms. The van der Waals surface area contributed by atoms with Crippen LogP contribution in [0.2, 0.25) is 0 Å². The van der Waals surface area contributed by atoms with Gasteiger partial charge in [-0.3, -0.25) is 4.90 Å². The first-order chi connectivity index (χ1) is 13.7. The van der Waals surface area contributed by atoms with Crippen LogP contribution in [0, 0.1) is 0 Å². The van der Waals surface area contributed by atoms with Gasteiger partial charge in [0.25, 0.3) is 0 Å². The molecule has 6 nitrogen and oxygen atoms in total. The third-order valence-corrected chi connectivity index (χ3v) is 4.80. The molecule has 0 aromatic heterocycles. The lowest BCUT2D eigenvalue weighted by Crippen LogP contribution is -2.38. The summed E-state index contributed by atoms with van der Waals surface area (Å²) < 4.78 is 11.4. The second kappa shape index (κ2) is 10.7. The number of guanidine groups is 1. The van der Waals surface area contributed by atoms with Gasteiger partial charge in [0.05, 0.1) is 19.8 Å². The van der Waals surface area contributed by atoms with E-state index in [9.17, 15) is 0 Å². The highest BCUT2D eigenvalue weighted by molar-refractivity contribution is 5.92. The first-order valence-electron chi connectivity index (χ1n) is 9.91. The van der Waals surface area contributed by atoms with Crippen molar-refractivity contribution in [2.45, 2.75) is 19.9 Å². The van der Waals surface area contributed by atoms with E-state index in [0.29, 0.717) is 19.1 Å². The fourth-order valence-electron chi connectivity index (χ4n) is 3.07. The molecule has 0 radical (unpaired) electrons. The number of para-hydroxylation sites is 1. The van der Waals surface area contributed by atoms with Crippen LogP contribution in [0.3, 0.4) is 0 Å². The lowest BCUT2D eigenvalue weighted by molar-refractivity contribution is 0.0322. The number of morpholine rings is 1. The molecule has 1 saturated heterocycles. The van der Waals surface area contributed by atoms with Gasteiger partial charge in [-0.25, -0.2) is 4.99 Å². The Morgan fingerprint density at radius 3 is 2.64 bits per heavy atom. The Kier molecular flexibility index (Phi) is 7.70. The lowest BCUT2D eigenvalue weighted by atomic mass is 10.1. The molecule has 0 saturated carbocycles. The van der Waals surface area contributed by atoms with Crippen molar-refractivity contribution >= 4 is 11.6 Å². The Balaban J connectivity index is 1.52. The van der Waals surface area contributed by atoms with Crippen molar-refractivity contribution in [2.75, 3.05) is 44.8 Å². The molecule has 0 aliphatic carbocycles. The minimum Gasteiger partial charge on any atom is -0.492 e. The Morgan fingerprint density at radius 2 is 1.89 bits per heavy atom. The minimum atomic E-state index is 0.396. The van der Waals surface area contributed by atoms with Gasteiger partial charge in [-0.15, -0.1) is 0 Å². The van der Waals surface area contributed by atoms with E-state index in [0.717, 1.165) is 56.3 Å². The summed E-state index contributed by atoms with van der Waals surface area (Å²) in [5.74, 6) is 1.26. The fraction of sp³-hybridized carbons (Fsp3) is 0.409. The number of rotatable bonds is 8. The second-order valence-corrected chi connectivity index (χ2v) is 6.79. The topological polar surface area (TPSA) is 72.1 Å².